The Morgan fingerprint density at radius 3 is 1.70 bits per heavy atom. The Balaban J connectivity index is 1.05. The summed E-state index contributed by atoms with van der Waals surface area (Å²) < 4.78 is 8.95. The van der Waals surface area contributed by atoms with Gasteiger partial charge in [0.2, 0.25) is 0 Å². The summed E-state index contributed by atoms with van der Waals surface area (Å²) >= 11 is 1.86. The summed E-state index contributed by atoms with van der Waals surface area (Å²) in [5.74, 6) is 0. The van der Waals surface area contributed by atoms with E-state index in [-0.39, 0.29) is 0 Å². The molecule has 0 aliphatic carbocycles. The van der Waals surface area contributed by atoms with E-state index in [1.165, 1.54) is 47.8 Å². The zero-order valence-corrected chi connectivity index (χ0v) is 31.2. The Bertz CT molecular complexity index is 3200. The van der Waals surface area contributed by atoms with Crippen molar-refractivity contribution in [2.75, 3.05) is 9.80 Å². The normalized spacial score (nSPS) is 11.6. The molecular weight excluding hydrogens is 701 g/mol. The first kappa shape index (κ1) is 32.3. The third-order valence-electron chi connectivity index (χ3n) is 10.9. The summed E-state index contributed by atoms with van der Waals surface area (Å²) in [7, 11) is 0. The fourth-order valence-corrected chi connectivity index (χ4v) is 9.57. The molecule has 0 radical (unpaired) electrons. The molecule has 56 heavy (non-hydrogen) atoms. The minimum atomic E-state index is 0.874. The zero-order valence-electron chi connectivity index (χ0n) is 30.3. The third kappa shape index (κ3) is 5.26. The van der Waals surface area contributed by atoms with E-state index in [2.05, 4.69) is 204 Å². The van der Waals surface area contributed by atoms with Crippen LogP contribution >= 0.6 is 11.3 Å². The number of para-hydroxylation sites is 3. The summed E-state index contributed by atoms with van der Waals surface area (Å²) in [6.45, 7) is 0. The maximum atomic E-state index is 6.37. The highest BCUT2D eigenvalue weighted by Gasteiger charge is 2.22. The Morgan fingerprint density at radius 1 is 0.339 bits per heavy atom. The van der Waals surface area contributed by atoms with E-state index in [1.54, 1.807) is 0 Å². The molecule has 0 unspecified atom stereocenters. The van der Waals surface area contributed by atoms with E-state index in [1.807, 2.05) is 23.5 Å². The highest BCUT2D eigenvalue weighted by Crippen LogP contribution is 2.48. The molecule has 0 fully saturated rings. The van der Waals surface area contributed by atoms with Gasteiger partial charge < -0.3 is 14.2 Å². The molecule has 0 aliphatic rings. The standard InChI is InChI=1S/C52H34N2OS/c1-3-15-36(16-4-1)53(47-25-13-23-43-42-21-10-12-28-50(42)56-52(43)47)38-31-29-35(30-32-38)39-33-34-45(41-20-8-7-19-40(39)41)54(37-17-5-2-6-18-37)46-24-14-27-49-51(46)44-22-9-11-26-48(44)55-49/h1-34H. The van der Waals surface area contributed by atoms with Crippen LogP contribution in [0.4, 0.5) is 34.1 Å². The topological polar surface area (TPSA) is 19.6 Å². The second-order valence-corrected chi connectivity index (χ2v) is 15.1. The van der Waals surface area contributed by atoms with Crippen molar-refractivity contribution in [2.45, 2.75) is 0 Å². The quantitative estimate of drug-likeness (QED) is 0.163. The fourth-order valence-electron chi connectivity index (χ4n) is 8.36. The molecule has 0 saturated heterocycles. The molecule has 9 aromatic carbocycles. The van der Waals surface area contributed by atoms with Crippen LogP contribution in [0.1, 0.15) is 0 Å². The average molecular weight is 735 g/mol. The van der Waals surface area contributed by atoms with Gasteiger partial charge in [-0.2, -0.15) is 0 Å². The van der Waals surface area contributed by atoms with Gasteiger partial charge in [0.25, 0.3) is 0 Å². The minimum Gasteiger partial charge on any atom is -0.456 e. The lowest BCUT2D eigenvalue weighted by molar-refractivity contribution is 0.669. The summed E-state index contributed by atoms with van der Waals surface area (Å²) in [5.41, 5.74) is 10.8. The van der Waals surface area contributed by atoms with Crippen molar-refractivity contribution >= 4 is 98.3 Å². The molecule has 2 aromatic heterocycles. The molecule has 0 saturated carbocycles. The van der Waals surface area contributed by atoms with E-state index < -0.39 is 0 Å². The smallest absolute Gasteiger partial charge is 0.137 e. The Kier molecular flexibility index (Phi) is 7.68. The van der Waals surface area contributed by atoms with Gasteiger partial charge in [-0.25, -0.2) is 0 Å². The van der Waals surface area contributed by atoms with Crippen molar-refractivity contribution < 1.29 is 4.42 Å². The van der Waals surface area contributed by atoms with Crippen LogP contribution in [0, 0.1) is 0 Å². The molecule has 0 aliphatic heterocycles. The van der Waals surface area contributed by atoms with E-state index in [9.17, 15) is 0 Å². The van der Waals surface area contributed by atoms with Crippen molar-refractivity contribution in [3.8, 4) is 11.1 Å². The Labute approximate surface area is 328 Å². The molecule has 3 nitrogen and oxygen atoms in total. The zero-order chi connectivity index (χ0) is 37.0. The molecule has 11 aromatic rings. The fraction of sp³-hybridized carbons (Fsp3) is 0. The van der Waals surface area contributed by atoms with E-state index >= 15 is 0 Å². The van der Waals surface area contributed by atoms with Crippen LogP contribution in [-0.2, 0) is 0 Å². The highest BCUT2D eigenvalue weighted by molar-refractivity contribution is 7.26. The van der Waals surface area contributed by atoms with E-state index in [0.717, 1.165) is 50.4 Å². The minimum absolute atomic E-state index is 0.874. The van der Waals surface area contributed by atoms with Gasteiger partial charge in [0.05, 0.1) is 27.1 Å². The van der Waals surface area contributed by atoms with Crippen molar-refractivity contribution in [1.82, 2.24) is 0 Å². The van der Waals surface area contributed by atoms with Crippen LogP contribution in [0.5, 0.6) is 0 Å². The number of thiophene rings is 1. The summed E-state index contributed by atoms with van der Waals surface area (Å²) in [6.07, 6.45) is 0. The van der Waals surface area contributed by atoms with Gasteiger partial charge in [-0.05, 0) is 89.3 Å². The predicted molar refractivity (Wildman–Crippen MR) is 239 cm³/mol. The van der Waals surface area contributed by atoms with Crippen molar-refractivity contribution in [3.63, 3.8) is 0 Å². The molecule has 0 spiro atoms. The number of nitrogens with zero attached hydrogens (tertiary/aromatic N) is 2. The molecule has 11 rings (SSSR count). The second-order valence-electron chi connectivity index (χ2n) is 14.1. The maximum Gasteiger partial charge on any atom is 0.137 e. The maximum absolute atomic E-state index is 6.37. The van der Waals surface area contributed by atoms with Gasteiger partial charge in [0.15, 0.2) is 0 Å². The molecule has 0 atom stereocenters. The van der Waals surface area contributed by atoms with Crippen LogP contribution in [0.3, 0.4) is 0 Å². The van der Waals surface area contributed by atoms with Crippen LogP contribution in [0.2, 0.25) is 0 Å². The summed E-state index contributed by atoms with van der Waals surface area (Å²) in [6, 6.07) is 73.8. The molecule has 0 amide bonds. The van der Waals surface area contributed by atoms with Gasteiger partial charge in [0, 0.05) is 43.3 Å². The van der Waals surface area contributed by atoms with Crippen molar-refractivity contribution in [3.05, 3.63) is 206 Å². The Hall–Kier alpha value is -7.14. The number of hydrogen-bond acceptors (Lipinski definition) is 4. The van der Waals surface area contributed by atoms with Crippen LogP contribution in [-0.4, -0.2) is 0 Å². The highest BCUT2D eigenvalue weighted by atomic mass is 32.1. The second kappa shape index (κ2) is 13.3. The van der Waals surface area contributed by atoms with Crippen molar-refractivity contribution in [1.29, 1.82) is 0 Å². The lowest BCUT2D eigenvalue weighted by Gasteiger charge is -2.28. The SMILES string of the molecule is c1ccc(N(c2ccc(-c3ccc(N(c4ccccc4)c4cccc5oc6ccccc6c45)c4ccccc34)cc2)c2cccc3c2sc2ccccc23)cc1. The van der Waals surface area contributed by atoms with Crippen molar-refractivity contribution in [2.24, 2.45) is 0 Å². The first-order valence-electron chi connectivity index (χ1n) is 18.9. The number of anilines is 6. The molecule has 0 N–H and O–H groups in total. The van der Waals surface area contributed by atoms with Gasteiger partial charge in [-0.3, -0.25) is 0 Å². The monoisotopic (exact) mass is 734 g/mol. The summed E-state index contributed by atoms with van der Waals surface area (Å²) in [5, 5.41) is 7.16. The van der Waals surface area contributed by atoms with Crippen LogP contribution < -0.4 is 9.80 Å². The number of fused-ring (bicyclic) bond motifs is 7. The number of hydrogen-bond donors (Lipinski definition) is 0. The molecular formula is C52H34N2OS. The largest absolute Gasteiger partial charge is 0.456 e. The van der Waals surface area contributed by atoms with Crippen LogP contribution in [0.25, 0.3) is 64.0 Å². The van der Waals surface area contributed by atoms with Gasteiger partial charge >= 0.3 is 0 Å². The van der Waals surface area contributed by atoms with Gasteiger partial charge in [0.1, 0.15) is 11.2 Å². The van der Waals surface area contributed by atoms with E-state index in [0.29, 0.717) is 0 Å². The summed E-state index contributed by atoms with van der Waals surface area (Å²) in [4.78, 5) is 4.77. The lowest BCUT2D eigenvalue weighted by Crippen LogP contribution is -2.11. The van der Waals surface area contributed by atoms with Gasteiger partial charge in [-0.1, -0.05) is 133 Å². The average Bonchev–Trinajstić information content (AvgIpc) is 3.85. The molecule has 2 heterocycles. The Morgan fingerprint density at radius 2 is 0.911 bits per heavy atom. The van der Waals surface area contributed by atoms with E-state index in [4.69, 9.17) is 4.42 Å². The predicted octanol–water partition coefficient (Wildman–Crippen LogP) is 15.7. The van der Waals surface area contributed by atoms with Crippen LogP contribution in [0.15, 0.2) is 211 Å². The first-order chi connectivity index (χ1) is 27.8. The van der Waals surface area contributed by atoms with Gasteiger partial charge in [-0.15, -0.1) is 11.3 Å². The number of rotatable bonds is 7. The number of furan rings is 1. The molecule has 4 heteroatoms. The molecule has 0 bridgehead atoms. The third-order valence-corrected chi connectivity index (χ3v) is 12.1. The first-order valence-corrected chi connectivity index (χ1v) is 19.7. The molecule has 264 valence electrons. The lowest BCUT2D eigenvalue weighted by atomic mass is 9.95. The number of benzene rings is 9.